The summed E-state index contributed by atoms with van der Waals surface area (Å²) in [6, 6.07) is 68.0. The molecule has 0 aliphatic heterocycles. The first-order valence-electron chi connectivity index (χ1n) is 21.8. The fourth-order valence-corrected chi connectivity index (χ4v) is 10.5. The van der Waals surface area contributed by atoms with Crippen LogP contribution in [0.4, 0.5) is 0 Å². The second-order valence-electron chi connectivity index (χ2n) is 16.1. The Labute approximate surface area is 375 Å². The van der Waals surface area contributed by atoms with Gasteiger partial charge in [0, 0.05) is 65.0 Å². The van der Waals surface area contributed by atoms with Crippen molar-refractivity contribution in [2.45, 2.75) is 19.8 Å². The number of allylic oxidation sites excluding steroid dienone is 4. The second-order valence-corrected chi connectivity index (χ2v) is 17.1. The number of amidine groups is 1. The zero-order chi connectivity index (χ0) is 43.0. The van der Waals surface area contributed by atoms with Crippen LogP contribution in [0.3, 0.4) is 0 Å². The third-order valence-corrected chi connectivity index (χ3v) is 13.5. The van der Waals surface area contributed by atoms with E-state index in [1.54, 1.807) is 0 Å². The van der Waals surface area contributed by atoms with Crippen LogP contribution in [0.25, 0.3) is 81.3 Å². The van der Waals surface area contributed by atoms with Crippen LogP contribution in [0.5, 0.6) is 0 Å². The minimum Gasteiger partial charge on any atom is -0.456 e. The fraction of sp³-hybridized carbons (Fsp3) is 0.0508. The molecule has 0 aliphatic rings. The van der Waals surface area contributed by atoms with Crippen molar-refractivity contribution in [1.82, 2.24) is 4.57 Å². The van der Waals surface area contributed by atoms with Gasteiger partial charge in [-0.25, -0.2) is 4.99 Å². The molecule has 5 heteroatoms. The van der Waals surface area contributed by atoms with Crippen molar-refractivity contribution in [2.24, 2.45) is 4.99 Å². The highest BCUT2D eigenvalue weighted by Crippen LogP contribution is 2.47. The zero-order valence-electron chi connectivity index (χ0n) is 35.3. The molecule has 1 N–H and O–H groups in total. The molecule has 0 aliphatic carbocycles. The van der Waals surface area contributed by atoms with Gasteiger partial charge in [-0.15, -0.1) is 11.3 Å². The van der Waals surface area contributed by atoms with E-state index in [2.05, 4.69) is 175 Å². The first-order valence-corrected chi connectivity index (χ1v) is 22.6. The van der Waals surface area contributed by atoms with Crippen molar-refractivity contribution in [3.05, 3.63) is 234 Å². The molecule has 0 atom stereocenters. The molecule has 0 amide bonds. The SMILES string of the molecule is CC/C(=C\C(=C(/Cc1ccccc1)n1c2ccccc2c2c3sc4c(ccc5oc6ccccc6c54)c3ccc21)c1ccccc1)C(=N)N=C(/C=C/c1ccccc1)c1ccccc1. The van der Waals surface area contributed by atoms with Crippen LogP contribution in [0, 0.1) is 5.41 Å². The molecule has 64 heavy (non-hydrogen) atoms. The predicted octanol–water partition coefficient (Wildman–Crippen LogP) is 16.2. The van der Waals surface area contributed by atoms with E-state index in [-0.39, 0.29) is 5.84 Å². The number of nitrogens with one attached hydrogen (secondary N) is 1. The predicted molar refractivity (Wildman–Crippen MR) is 274 cm³/mol. The van der Waals surface area contributed by atoms with Gasteiger partial charge in [-0.05, 0) is 71.2 Å². The number of rotatable bonds is 10. The molecule has 0 spiro atoms. The molecule has 8 aromatic carbocycles. The number of thiophene rings is 1. The third-order valence-electron chi connectivity index (χ3n) is 12.2. The minimum absolute atomic E-state index is 0.235. The summed E-state index contributed by atoms with van der Waals surface area (Å²) in [5.41, 5.74) is 12.2. The van der Waals surface area contributed by atoms with E-state index in [0.29, 0.717) is 12.8 Å². The number of nitrogens with zero attached hydrogens (tertiary/aromatic N) is 2. The van der Waals surface area contributed by atoms with Crippen molar-refractivity contribution < 1.29 is 4.42 Å². The topological polar surface area (TPSA) is 54.3 Å². The molecule has 3 heterocycles. The van der Waals surface area contributed by atoms with Gasteiger partial charge in [0.05, 0.1) is 16.7 Å². The molecule has 11 aromatic rings. The molecule has 0 saturated heterocycles. The van der Waals surface area contributed by atoms with Crippen molar-refractivity contribution in [3.63, 3.8) is 0 Å². The number of furan rings is 1. The Kier molecular flexibility index (Phi) is 10.2. The molecule has 0 saturated carbocycles. The van der Waals surface area contributed by atoms with Gasteiger partial charge in [-0.3, -0.25) is 5.41 Å². The Bertz CT molecular complexity index is 3660. The summed E-state index contributed by atoms with van der Waals surface area (Å²) in [5, 5.41) is 16.9. The normalized spacial score (nSPS) is 13.0. The van der Waals surface area contributed by atoms with E-state index in [0.717, 1.165) is 66.8 Å². The average Bonchev–Trinajstić information content (AvgIpc) is 4.03. The summed E-state index contributed by atoms with van der Waals surface area (Å²) >= 11 is 1.86. The second kappa shape index (κ2) is 16.8. The molecule has 306 valence electrons. The quantitative estimate of drug-likeness (QED) is 0.0832. The van der Waals surface area contributed by atoms with Gasteiger partial charge in [0.2, 0.25) is 0 Å². The van der Waals surface area contributed by atoms with E-state index >= 15 is 0 Å². The molecule has 0 radical (unpaired) electrons. The number of para-hydroxylation sites is 2. The Morgan fingerprint density at radius 3 is 1.92 bits per heavy atom. The van der Waals surface area contributed by atoms with Crippen molar-refractivity contribution in [1.29, 1.82) is 5.41 Å². The first kappa shape index (κ1) is 39.0. The Morgan fingerprint density at radius 1 is 0.578 bits per heavy atom. The molecule has 0 fully saturated rings. The summed E-state index contributed by atoms with van der Waals surface area (Å²) in [6.07, 6.45) is 7.59. The van der Waals surface area contributed by atoms with Gasteiger partial charge in [-0.1, -0.05) is 177 Å². The lowest BCUT2D eigenvalue weighted by Gasteiger charge is -2.19. The third kappa shape index (κ3) is 7.06. The van der Waals surface area contributed by atoms with Crippen LogP contribution in [-0.2, 0) is 6.42 Å². The van der Waals surface area contributed by atoms with Gasteiger partial charge in [0.1, 0.15) is 17.0 Å². The van der Waals surface area contributed by atoms with E-state index in [4.69, 9.17) is 9.41 Å². The minimum atomic E-state index is 0.235. The number of hydrogen-bond acceptors (Lipinski definition) is 3. The molecule has 0 unspecified atom stereocenters. The smallest absolute Gasteiger partial charge is 0.148 e. The van der Waals surface area contributed by atoms with Gasteiger partial charge < -0.3 is 8.98 Å². The average molecular weight is 842 g/mol. The van der Waals surface area contributed by atoms with Crippen LogP contribution in [-0.4, -0.2) is 16.1 Å². The highest BCUT2D eigenvalue weighted by atomic mass is 32.1. The maximum absolute atomic E-state index is 9.68. The largest absolute Gasteiger partial charge is 0.456 e. The molecule has 0 bridgehead atoms. The van der Waals surface area contributed by atoms with Crippen LogP contribution >= 0.6 is 11.3 Å². The lowest BCUT2D eigenvalue weighted by molar-refractivity contribution is 0.669. The maximum Gasteiger partial charge on any atom is 0.148 e. The zero-order valence-corrected chi connectivity index (χ0v) is 36.1. The fourth-order valence-electron chi connectivity index (χ4n) is 9.13. The summed E-state index contributed by atoms with van der Waals surface area (Å²) in [5.74, 6) is 0.235. The van der Waals surface area contributed by atoms with Crippen LogP contribution in [0.15, 0.2) is 221 Å². The molecule has 11 rings (SSSR count). The monoisotopic (exact) mass is 841 g/mol. The first-order chi connectivity index (χ1) is 31.6. The van der Waals surface area contributed by atoms with Gasteiger partial charge in [0.25, 0.3) is 0 Å². The number of fused-ring (bicyclic) bond motifs is 11. The molecule has 3 aromatic heterocycles. The number of aliphatic imine (C=N–C) groups is 1. The highest BCUT2D eigenvalue weighted by Gasteiger charge is 2.23. The Morgan fingerprint density at radius 2 is 1.19 bits per heavy atom. The molecule has 4 nitrogen and oxygen atoms in total. The molecular formula is C59H43N3OS. The number of aromatic nitrogens is 1. The van der Waals surface area contributed by atoms with Crippen molar-refractivity contribution >= 4 is 104 Å². The van der Waals surface area contributed by atoms with Gasteiger partial charge in [0.15, 0.2) is 0 Å². The molecular weight excluding hydrogens is 799 g/mol. The summed E-state index contributed by atoms with van der Waals surface area (Å²) < 4.78 is 11.4. The van der Waals surface area contributed by atoms with Gasteiger partial charge in [-0.2, -0.15) is 0 Å². The maximum atomic E-state index is 9.68. The number of hydrogen-bond donors (Lipinski definition) is 1. The highest BCUT2D eigenvalue weighted by molar-refractivity contribution is 7.27. The Hall–Kier alpha value is -7.86. The van der Waals surface area contributed by atoms with Crippen molar-refractivity contribution in [2.75, 3.05) is 0 Å². The van der Waals surface area contributed by atoms with Crippen molar-refractivity contribution in [3.8, 4) is 0 Å². The summed E-state index contributed by atoms with van der Waals surface area (Å²) in [4.78, 5) is 5.09. The standard InChI is InChI=1S/C59H43N3OS/c1-2-41(59(60)61-49(43-25-13-6-14-26-43)34-31-39-19-7-3-8-20-39)38-48(42-23-11-5-12-24-42)52(37-40-21-9-4-10-22-40)62-50-29-17-15-27-46(50)55-51(62)35-32-44-45-33-36-54-56(58(45)64-57(44)55)47-28-16-18-30-53(47)63-54/h3-36,38,60H,2,37H2,1H3/b34-31+,41-38+,52-48-,60-59?,61-49?. The van der Waals surface area contributed by atoms with Crippen LogP contribution in [0.1, 0.15) is 35.6 Å². The van der Waals surface area contributed by atoms with E-state index < -0.39 is 0 Å². The van der Waals surface area contributed by atoms with Crippen LogP contribution < -0.4 is 0 Å². The van der Waals surface area contributed by atoms with E-state index in [9.17, 15) is 5.41 Å². The summed E-state index contributed by atoms with van der Waals surface area (Å²) in [6.45, 7) is 2.12. The van der Waals surface area contributed by atoms with E-state index in [1.165, 1.54) is 41.9 Å². The Balaban J connectivity index is 1.17. The lowest BCUT2D eigenvalue weighted by Crippen LogP contribution is -2.07. The van der Waals surface area contributed by atoms with Gasteiger partial charge >= 0.3 is 0 Å². The summed E-state index contributed by atoms with van der Waals surface area (Å²) in [7, 11) is 0. The van der Waals surface area contributed by atoms with Crippen LogP contribution in [0.2, 0.25) is 0 Å². The lowest BCUT2D eigenvalue weighted by atomic mass is 9.95. The van der Waals surface area contributed by atoms with E-state index in [1.807, 2.05) is 59.9 Å². The number of benzene rings is 8.